The molecule has 0 unspecified atom stereocenters. The summed E-state index contributed by atoms with van der Waals surface area (Å²) in [6, 6.07) is 18.9. The highest BCUT2D eigenvalue weighted by Gasteiger charge is 2.24. The van der Waals surface area contributed by atoms with Crippen LogP contribution in [0.15, 0.2) is 54.6 Å². The van der Waals surface area contributed by atoms with Crippen LogP contribution in [-0.2, 0) is 4.74 Å². The highest BCUT2D eigenvalue weighted by atomic mass is 16.6. The van der Waals surface area contributed by atoms with E-state index < -0.39 is 0 Å². The lowest BCUT2D eigenvalue weighted by molar-refractivity contribution is 0.0901. The molecular weight excluding hydrogens is 374 g/mol. The second-order valence-electron chi connectivity index (χ2n) is 8.31. The van der Waals surface area contributed by atoms with Gasteiger partial charge in [0.2, 0.25) is 0 Å². The summed E-state index contributed by atoms with van der Waals surface area (Å²) in [5, 5.41) is 2.32. The molecule has 5 nitrogen and oxygen atoms in total. The van der Waals surface area contributed by atoms with Gasteiger partial charge in [-0.2, -0.15) is 0 Å². The van der Waals surface area contributed by atoms with Crippen LogP contribution < -0.4 is 4.90 Å². The lowest BCUT2D eigenvalue weighted by Crippen LogP contribution is -2.49. The molecule has 0 atom stereocenters. The summed E-state index contributed by atoms with van der Waals surface area (Å²) >= 11 is 0. The van der Waals surface area contributed by atoms with E-state index in [9.17, 15) is 4.79 Å². The average molecular weight is 404 g/mol. The molecule has 30 heavy (non-hydrogen) atoms. The molecule has 0 aliphatic carbocycles. The maximum Gasteiger partial charge on any atom is 0.409 e. The monoisotopic (exact) mass is 403 g/mol. The van der Waals surface area contributed by atoms with Crippen LogP contribution in [0.5, 0.6) is 0 Å². The van der Waals surface area contributed by atoms with Crippen LogP contribution in [0.4, 0.5) is 10.6 Å². The molecule has 1 saturated heterocycles. The lowest BCUT2D eigenvalue weighted by atomic mass is 10.0. The summed E-state index contributed by atoms with van der Waals surface area (Å²) in [5.74, 6) is 1.33. The summed E-state index contributed by atoms with van der Waals surface area (Å²) in [6.45, 7) is 9.43. The zero-order valence-corrected chi connectivity index (χ0v) is 18.0. The van der Waals surface area contributed by atoms with Crippen LogP contribution in [-0.4, -0.2) is 48.8 Å². The lowest BCUT2D eigenvalue weighted by Gasteiger charge is -2.35. The van der Waals surface area contributed by atoms with Crippen molar-refractivity contribution >= 4 is 22.7 Å². The minimum Gasteiger partial charge on any atom is -0.449 e. The average Bonchev–Trinajstić information content (AvgIpc) is 2.77. The van der Waals surface area contributed by atoms with Crippen molar-refractivity contribution in [1.29, 1.82) is 0 Å². The van der Waals surface area contributed by atoms with Gasteiger partial charge >= 0.3 is 6.09 Å². The Bertz CT molecular complexity index is 1040. The molecule has 1 amide bonds. The molecule has 1 aromatic heterocycles. The van der Waals surface area contributed by atoms with Gasteiger partial charge in [-0.3, -0.25) is 0 Å². The number of piperazine rings is 1. The minimum absolute atomic E-state index is 0.213. The smallest absolute Gasteiger partial charge is 0.409 e. The topological polar surface area (TPSA) is 45.7 Å². The van der Waals surface area contributed by atoms with Crippen LogP contribution in [0, 0.1) is 12.8 Å². The number of aromatic nitrogens is 1. The molecule has 0 spiro atoms. The van der Waals surface area contributed by atoms with Gasteiger partial charge in [0.15, 0.2) is 0 Å². The molecule has 4 rings (SSSR count). The number of anilines is 1. The van der Waals surface area contributed by atoms with Crippen molar-refractivity contribution in [2.75, 3.05) is 37.7 Å². The first-order chi connectivity index (χ1) is 14.5. The second-order valence-corrected chi connectivity index (χ2v) is 8.31. The third kappa shape index (κ3) is 4.25. The van der Waals surface area contributed by atoms with Crippen molar-refractivity contribution in [1.82, 2.24) is 9.88 Å². The molecule has 1 fully saturated rings. The van der Waals surface area contributed by atoms with Gasteiger partial charge < -0.3 is 14.5 Å². The molecule has 1 aliphatic heterocycles. The first kappa shape index (κ1) is 20.2. The van der Waals surface area contributed by atoms with E-state index in [1.54, 1.807) is 4.90 Å². The number of carbonyl (C=O) groups excluding carboxylic acids is 1. The van der Waals surface area contributed by atoms with E-state index in [0.717, 1.165) is 35.6 Å². The van der Waals surface area contributed by atoms with Gasteiger partial charge in [0.1, 0.15) is 5.82 Å². The Balaban J connectivity index is 1.60. The normalized spacial score (nSPS) is 14.4. The molecule has 0 bridgehead atoms. The Morgan fingerprint density at radius 1 is 1.03 bits per heavy atom. The molecule has 1 aliphatic rings. The minimum atomic E-state index is -0.213. The Kier molecular flexibility index (Phi) is 5.88. The number of aryl methyl sites for hydroxylation is 1. The fraction of sp³-hybridized carbons (Fsp3) is 0.360. The van der Waals surface area contributed by atoms with Gasteiger partial charge in [0.05, 0.1) is 12.3 Å². The number of nitrogens with zero attached hydrogens (tertiary/aromatic N) is 3. The van der Waals surface area contributed by atoms with Crippen LogP contribution >= 0.6 is 0 Å². The zero-order chi connectivity index (χ0) is 21.1. The number of fused-ring (bicyclic) bond motifs is 1. The number of carbonyl (C=O) groups is 1. The van der Waals surface area contributed by atoms with Gasteiger partial charge in [0.25, 0.3) is 0 Å². The van der Waals surface area contributed by atoms with Crippen molar-refractivity contribution in [3.63, 3.8) is 0 Å². The van der Waals surface area contributed by atoms with Gasteiger partial charge in [-0.15, -0.1) is 0 Å². The number of ether oxygens (including phenoxy) is 1. The predicted octanol–water partition coefficient (Wildman–Crippen LogP) is 5.12. The van der Waals surface area contributed by atoms with E-state index >= 15 is 0 Å². The standard InChI is InChI=1S/C25H29N3O2/c1-18(2)17-30-25(29)28-14-12-27(13-15-28)24-22-11-7-5-9-20(22)16-23(26-24)21-10-6-4-8-19(21)3/h4-11,16,18H,12-15,17H2,1-3H3. The fourth-order valence-corrected chi connectivity index (χ4v) is 3.85. The van der Waals surface area contributed by atoms with E-state index in [1.807, 2.05) is 13.8 Å². The molecule has 2 aromatic carbocycles. The third-order valence-corrected chi connectivity index (χ3v) is 5.52. The van der Waals surface area contributed by atoms with Gasteiger partial charge in [-0.1, -0.05) is 62.4 Å². The first-order valence-electron chi connectivity index (χ1n) is 10.7. The van der Waals surface area contributed by atoms with Gasteiger partial charge in [0, 0.05) is 37.1 Å². The van der Waals surface area contributed by atoms with Crippen molar-refractivity contribution < 1.29 is 9.53 Å². The zero-order valence-electron chi connectivity index (χ0n) is 18.0. The molecule has 2 heterocycles. The summed E-state index contributed by atoms with van der Waals surface area (Å²) in [4.78, 5) is 21.5. The number of pyridine rings is 1. The highest BCUT2D eigenvalue weighted by Crippen LogP contribution is 2.31. The predicted molar refractivity (Wildman–Crippen MR) is 122 cm³/mol. The number of rotatable bonds is 4. The van der Waals surface area contributed by atoms with E-state index in [1.165, 1.54) is 10.9 Å². The van der Waals surface area contributed by atoms with Crippen LogP contribution in [0.2, 0.25) is 0 Å². The summed E-state index contributed by atoms with van der Waals surface area (Å²) < 4.78 is 5.40. The fourth-order valence-electron chi connectivity index (χ4n) is 3.85. The van der Waals surface area contributed by atoms with E-state index in [0.29, 0.717) is 25.6 Å². The van der Waals surface area contributed by atoms with Crippen LogP contribution in [0.3, 0.4) is 0 Å². The maximum absolute atomic E-state index is 12.3. The van der Waals surface area contributed by atoms with E-state index in [4.69, 9.17) is 9.72 Å². The molecule has 156 valence electrons. The molecule has 0 radical (unpaired) electrons. The second kappa shape index (κ2) is 8.74. The Morgan fingerprint density at radius 2 is 1.73 bits per heavy atom. The Hall–Kier alpha value is -3.08. The SMILES string of the molecule is Cc1ccccc1-c1cc2ccccc2c(N2CCN(C(=O)OCC(C)C)CC2)n1. The largest absolute Gasteiger partial charge is 0.449 e. The van der Waals surface area contributed by atoms with Crippen LogP contribution in [0.25, 0.3) is 22.0 Å². The van der Waals surface area contributed by atoms with Crippen molar-refractivity contribution in [3.05, 3.63) is 60.2 Å². The van der Waals surface area contributed by atoms with Crippen molar-refractivity contribution in [2.45, 2.75) is 20.8 Å². The molecule has 0 saturated carbocycles. The molecule has 5 heteroatoms. The van der Waals surface area contributed by atoms with Crippen molar-refractivity contribution in [2.24, 2.45) is 5.92 Å². The summed E-state index contributed by atoms with van der Waals surface area (Å²) in [5.41, 5.74) is 3.35. The van der Waals surface area contributed by atoms with Crippen molar-refractivity contribution in [3.8, 4) is 11.3 Å². The number of hydrogen-bond donors (Lipinski definition) is 0. The Morgan fingerprint density at radius 3 is 2.47 bits per heavy atom. The number of amides is 1. The van der Waals surface area contributed by atoms with Gasteiger partial charge in [-0.05, 0) is 29.9 Å². The van der Waals surface area contributed by atoms with E-state index in [-0.39, 0.29) is 6.09 Å². The summed E-state index contributed by atoms with van der Waals surface area (Å²) in [7, 11) is 0. The molecule has 3 aromatic rings. The Labute approximate surface area is 178 Å². The quantitative estimate of drug-likeness (QED) is 0.606. The third-order valence-electron chi connectivity index (χ3n) is 5.52. The molecular formula is C25H29N3O2. The first-order valence-corrected chi connectivity index (χ1v) is 10.7. The summed E-state index contributed by atoms with van der Waals surface area (Å²) in [6.07, 6.45) is -0.213. The molecule has 0 N–H and O–H groups in total. The highest BCUT2D eigenvalue weighted by molar-refractivity contribution is 5.95. The number of benzene rings is 2. The van der Waals surface area contributed by atoms with Crippen LogP contribution in [0.1, 0.15) is 19.4 Å². The maximum atomic E-state index is 12.3. The van der Waals surface area contributed by atoms with E-state index in [2.05, 4.69) is 66.4 Å². The number of hydrogen-bond acceptors (Lipinski definition) is 4. The van der Waals surface area contributed by atoms with Gasteiger partial charge in [-0.25, -0.2) is 9.78 Å².